The van der Waals surface area contributed by atoms with Crippen molar-refractivity contribution in [1.82, 2.24) is 15.2 Å². The number of rotatable bonds is 5. The normalized spacial score (nSPS) is 10.1. The second-order valence-electron chi connectivity index (χ2n) is 4.84. The highest BCUT2D eigenvalue weighted by molar-refractivity contribution is 7.99. The number of nitrogens with zero attached hydrogens (tertiary/aromatic N) is 3. The summed E-state index contributed by atoms with van der Waals surface area (Å²) in [6, 6.07) is 16.6. The van der Waals surface area contributed by atoms with Crippen molar-refractivity contribution in [2.45, 2.75) is 4.90 Å². The van der Waals surface area contributed by atoms with Crippen LogP contribution in [0.5, 0.6) is 0 Å². The Morgan fingerprint density at radius 1 is 1.25 bits per heavy atom. The molecule has 0 bridgehead atoms. The largest absolute Gasteiger partial charge is 0.322 e. The molecule has 6 nitrogen and oxygen atoms in total. The molecule has 1 heterocycles. The Labute approximate surface area is 142 Å². The first-order valence-corrected chi connectivity index (χ1v) is 8.12. The number of nitrogens with one attached hydrogen (secondary N) is 2. The Morgan fingerprint density at radius 2 is 2.08 bits per heavy atom. The van der Waals surface area contributed by atoms with E-state index in [0.717, 1.165) is 10.5 Å². The van der Waals surface area contributed by atoms with E-state index >= 15 is 0 Å². The third kappa shape index (κ3) is 3.80. The minimum Gasteiger partial charge on any atom is -0.322 e. The number of anilines is 1. The van der Waals surface area contributed by atoms with E-state index in [1.165, 1.54) is 18.1 Å². The second-order valence-corrected chi connectivity index (χ2v) is 5.89. The van der Waals surface area contributed by atoms with Gasteiger partial charge < -0.3 is 5.32 Å². The molecule has 0 aliphatic heterocycles. The van der Waals surface area contributed by atoms with Crippen molar-refractivity contribution in [2.75, 3.05) is 11.1 Å². The summed E-state index contributed by atoms with van der Waals surface area (Å²) in [4.78, 5) is 17.3. The summed E-state index contributed by atoms with van der Waals surface area (Å²) in [6.45, 7) is 0. The summed E-state index contributed by atoms with van der Waals surface area (Å²) < 4.78 is 0. The van der Waals surface area contributed by atoms with Gasteiger partial charge in [0.1, 0.15) is 6.33 Å². The topological polar surface area (TPSA) is 94.5 Å². The Kier molecular flexibility index (Phi) is 4.89. The van der Waals surface area contributed by atoms with E-state index in [2.05, 4.69) is 26.6 Å². The van der Waals surface area contributed by atoms with Gasteiger partial charge in [-0.05, 0) is 42.5 Å². The van der Waals surface area contributed by atoms with Crippen LogP contribution in [0.1, 0.15) is 10.4 Å². The number of carbonyl (C=O) groups excluding carboxylic acids is 1. The molecule has 24 heavy (non-hydrogen) atoms. The fourth-order valence-corrected chi connectivity index (χ4v) is 2.72. The number of carbonyl (C=O) groups is 1. The number of benzene rings is 2. The smallest absolute Gasteiger partial charge is 0.255 e. The summed E-state index contributed by atoms with van der Waals surface area (Å²) >= 11 is 1.40. The molecule has 0 atom stereocenters. The number of hydrogen-bond acceptors (Lipinski definition) is 5. The SMILES string of the molecule is N#CCSc1cccc(C(=O)Nc2ccc(-c3ncn[nH]3)cc2)c1. The average molecular weight is 335 g/mol. The van der Waals surface area contributed by atoms with Gasteiger partial charge in [0.05, 0.1) is 11.8 Å². The number of aromatic amines is 1. The maximum absolute atomic E-state index is 12.3. The Bertz CT molecular complexity index is 869. The summed E-state index contributed by atoms with van der Waals surface area (Å²) in [7, 11) is 0. The van der Waals surface area contributed by atoms with Gasteiger partial charge in [0.15, 0.2) is 5.82 Å². The molecule has 118 valence electrons. The molecule has 0 aliphatic carbocycles. The molecule has 0 aliphatic rings. The number of aromatic nitrogens is 3. The fraction of sp³-hybridized carbons (Fsp3) is 0.0588. The lowest BCUT2D eigenvalue weighted by Crippen LogP contribution is -2.11. The standard InChI is InChI=1S/C17H13N5OS/c18-8-9-24-15-3-1-2-13(10-15)17(23)21-14-6-4-12(5-7-14)16-19-11-20-22-16/h1-7,10-11H,9H2,(H,21,23)(H,19,20,22). The third-order valence-corrected chi connectivity index (χ3v) is 4.09. The van der Waals surface area contributed by atoms with E-state index in [0.29, 0.717) is 22.8 Å². The number of nitriles is 1. The third-order valence-electron chi connectivity index (χ3n) is 3.23. The van der Waals surface area contributed by atoms with Crippen molar-refractivity contribution < 1.29 is 4.79 Å². The van der Waals surface area contributed by atoms with E-state index < -0.39 is 0 Å². The Hall–Kier alpha value is -3.11. The summed E-state index contributed by atoms with van der Waals surface area (Å²) in [6.07, 6.45) is 1.45. The van der Waals surface area contributed by atoms with Gasteiger partial charge in [-0.3, -0.25) is 9.89 Å². The molecule has 3 aromatic rings. The summed E-state index contributed by atoms with van der Waals surface area (Å²) in [5, 5.41) is 18.1. The van der Waals surface area contributed by atoms with Crippen LogP contribution in [-0.2, 0) is 0 Å². The second kappa shape index (κ2) is 7.44. The first-order valence-electron chi connectivity index (χ1n) is 7.13. The molecule has 1 aromatic heterocycles. The molecule has 2 aromatic carbocycles. The maximum Gasteiger partial charge on any atom is 0.255 e. The van der Waals surface area contributed by atoms with Gasteiger partial charge >= 0.3 is 0 Å². The molecule has 0 radical (unpaired) electrons. The van der Waals surface area contributed by atoms with Gasteiger partial charge in [0, 0.05) is 21.7 Å². The molecular weight excluding hydrogens is 322 g/mol. The lowest BCUT2D eigenvalue weighted by molar-refractivity contribution is 0.102. The van der Waals surface area contributed by atoms with Gasteiger partial charge in [0.2, 0.25) is 0 Å². The van der Waals surface area contributed by atoms with Crippen molar-refractivity contribution >= 4 is 23.4 Å². The molecule has 2 N–H and O–H groups in total. The molecular formula is C17H13N5OS. The lowest BCUT2D eigenvalue weighted by atomic mass is 10.1. The van der Waals surface area contributed by atoms with E-state index in [9.17, 15) is 4.79 Å². The van der Waals surface area contributed by atoms with E-state index in [-0.39, 0.29) is 5.91 Å². The van der Waals surface area contributed by atoms with Crippen LogP contribution in [0.25, 0.3) is 11.4 Å². The zero-order valence-corrected chi connectivity index (χ0v) is 13.4. The van der Waals surface area contributed by atoms with Crippen LogP contribution in [0.4, 0.5) is 5.69 Å². The Morgan fingerprint density at radius 3 is 2.79 bits per heavy atom. The minimum atomic E-state index is -0.193. The van der Waals surface area contributed by atoms with Crippen molar-refractivity contribution in [1.29, 1.82) is 5.26 Å². The van der Waals surface area contributed by atoms with Crippen LogP contribution in [-0.4, -0.2) is 26.8 Å². The van der Waals surface area contributed by atoms with Crippen LogP contribution >= 0.6 is 11.8 Å². The van der Waals surface area contributed by atoms with Crippen LogP contribution < -0.4 is 5.32 Å². The first-order chi connectivity index (χ1) is 11.8. The molecule has 0 saturated heterocycles. The van der Waals surface area contributed by atoms with Gasteiger partial charge in [0.25, 0.3) is 5.91 Å². The molecule has 0 saturated carbocycles. The van der Waals surface area contributed by atoms with Crippen LogP contribution in [0.15, 0.2) is 59.8 Å². The molecule has 1 amide bonds. The maximum atomic E-state index is 12.3. The fourth-order valence-electron chi connectivity index (χ4n) is 2.10. The van der Waals surface area contributed by atoms with Crippen molar-refractivity contribution in [3.8, 4) is 17.5 Å². The molecule has 3 rings (SSSR count). The van der Waals surface area contributed by atoms with Crippen LogP contribution in [0, 0.1) is 11.3 Å². The zero-order valence-electron chi connectivity index (χ0n) is 12.6. The highest BCUT2D eigenvalue weighted by Gasteiger charge is 2.08. The molecule has 7 heteroatoms. The van der Waals surface area contributed by atoms with E-state index in [4.69, 9.17) is 5.26 Å². The van der Waals surface area contributed by atoms with E-state index in [1.54, 1.807) is 12.1 Å². The van der Waals surface area contributed by atoms with Gasteiger partial charge in [-0.15, -0.1) is 11.8 Å². The minimum absolute atomic E-state index is 0.193. The highest BCUT2D eigenvalue weighted by Crippen LogP contribution is 2.20. The van der Waals surface area contributed by atoms with Crippen molar-refractivity contribution in [2.24, 2.45) is 0 Å². The monoisotopic (exact) mass is 335 g/mol. The summed E-state index contributed by atoms with van der Waals surface area (Å²) in [5.74, 6) is 0.839. The van der Waals surface area contributed by atoms with E-state index in [1.807, 2.05) is 36.4 Å². The lowest BCUT2D eigenvalue weighted by Gasteiger charge is -2.07. The predicted molar refractivity (Wildman–Crippen MR) is 92.6 cm³/mol. The quantitative estimate of drug-likeness (QED) is 0.697. The van der Waals surface area contributed by atoms with Gasteiger partial charge in [-0.2, -0.15) is 10.4 Å². The molecule has 0 fully saturated rings. The van der Waals surface area contributed by atoms with Gasteiger partial charge in [-0.25, -0.2) is 4.98 Å². The average Bonchev–Trinajstić information content (AvgIpc) is 3.15. The van der Waals surface area contributed by atoms with Crippen LogP contribution in [0.2, 0.25) is 0 Å². The molecule has 0 spiro atoms. The highest BCUT2D eigenvalue weighted by atomic mass is 32.2. The number of thioether (sulfide) groups is 1. The number of H-pyrrole nitrogens is 1. The van der Waals surface area contributed by atoms with Crippen LogP contribution in [0.3, 0.4) is 0 Å². The van der Waals surface area contributed by atoms with Crippen molar-refractivity contribution in [3.63, 3.8) is 0 Å². The van der Waals surface area contributed by atoms with Crippen molar-refractivity contribution in [3.05, 3.63) is 60.4 Å². The molecule has 0 unspecified atom stereocenters. The Balaban J connectivity index is 1.69. The number of hydrogen-bond donors (Lipinski definition) is 2. The zero-order chi connectivity index (χ0) is 16.8. The summed E-state index contributed by atoms with van der Waals surface area (Å²) in [5.41, 5.74) is 2.14. The van der Waals surface area contributed by atoms with Gasteiger partial charge in [-0.1, -0.05) is 6.07 Å². The predicted octanol–water partition coefficient (Wildman–Crippen LogP) is 3.34. The number of amides is 1. The first kappa shape index (κ1) is 15.8.